The Bertz CT molecular complexity index is 668. The number of amides is 2. The molecule has 0 radical (unpaired) electrons. The minimum absolute atomic E-state index is 0.000754. The van der Waals surface area contributed by atoms with Crippen molar-refractivity contribution in [3.05, 3.63) is 23.5 Å². The first-order valence-corrected chi connectivity index (χ1v) is 8.63. The van der Waals surface area contributed by atoms with E-state index < -0.39 is 0 Å². The van der Waals surface area contributed by atoms with Crippen molar-refractivity contribution < 1.29 is 9.53 Å². The molecule has 3 rings (SSSR count). The molecule has 124 valence electrons. The van der Waals surface area contributed by atoms with Crippen LogP contribution in [0.5, 0.6) is 5.75 Å². The quantitative estimate of drug-likeness (QED) is 0.880. The van der Waals surface area contributed by atoms with Crippen LogP contribution in [0.3, 0.4) is 0 Å². The normalized spacial score (nSPS) is 20.4. The van der Waals surface area contributed by atoms with E-state index >= 15 is 0 Å². The van der Waals surface area contributed by atoms with Crippen molar-refractivity contribution in [1.29, 1.82) is 0 Å². The molecule has 8 heteroatoms. The molecule has 1 saturated carbocycles. The van der Waals surface area contributed by atoms with Crippen LogP contribution in [-0.4, -0.2) is 32.9 Å². The minimum atomic E-state index is -0.228. The molecule has 0 unspecified atom stereocenters. The van der Waals surface area contributed by atoms with Crippen LogP contribution in [0.4, 0.5) is 9.93 Å². The number of carbonyl (C=O) groups excluding carboxylic acids is 1. The van der Waals surface area contributed by atoms with E-state index in [1.54, 1.807) is 17.1 Å². The predicted octanol–water partition coefficient (Wildman–Crippen LogP) is 2.56. The van der Waals surface area contributed by atoms with Crippen LogP contribution < -0.4 is 15.4 Å². The second kappa shape index (κ2) is 6.99. The summed E-state index contributed by atoms with van der Waals surface area (Å²) in [5.41, 5.74) is 0. The molecule has 1 fully saturated rings. The third-order valence-electron chi connectivity index (χ3n) is 3.86. The number of nitrogens with zero attached hydrogens (tertiary/aromatic N) is 3. The molecule has 2 atom stereocenters. The molecule has 0 bridgehead atoms. The first kappa shape index (κ1) is 15.8. The molecule has 0 spiro atoms. The van der Waals surface area contributed by atoms with Crippen LogP contribution in [-0.2, 0) is 13.5 Å². The highest BCUT2D eigenvalue weighted by Crippen LogP contribution is 2.25. The van der Waals surface area contributed by atoms with E-state index in [0.29, 0.717) is 5.13 Å². The monoisotopic (exact) mass is 335 g/mol. The van der Waals surface area contributed by atoms with E-state index in [4.69, 9.17) is 4.74 Å². The van der Waals surface area contributed by atoms with E-state index in [0.717, 1.165) is 36.3 Å². The van der Waals surface area contributed by atoms with Crippen LogP contribution >= 0.6 is 11.3 Å². The summed E-state index contributed by atoms with van der Waals surface area (Å²) >= 11 is 1.50. The van der Waals surface area contributed by atoms with Crippen LogP contribution in [0.2, 0.25) is 0 Å². The molecule has 2 N–H and O–H groups in total. The van der Waals surface area contributed by atoms with Gasteiger partial charge in [-0.15, -0.1) is 11.3 Å². The second-order valence-electron chi connectivity index (χ2n) is 5.63. The fraction of sp³-hybridized carbons (Fsp3) is 0.533. The van der Waals surface area contributed by atoms with Crippen LogP contribution in [0, 0.1) is 0 Å². The maximum absolute atomic E-state index is 12.1. The number of hydrogen-bond donors (Lipinski definition) is 2. The number of urea groups is 1. The molecule has 1 aliphatic carbocycles. The summed E-state index contributed by atoms with van der Waals surface area (Å²) in [4.78, 5) is 17.5. The van der Waals surface area contributed by atoms with Crippen molar-refractivity contribution in [2.24, 2.45) is 7.05 Å². The van der Waals surface area contributed by atoms with Gasteiger partial charge in [0.15, 0.2) is 10.9 Å². The Hall–Kier alpha value is -2.09. The third-order valence-corrected chi connectivity index (χ3v) is 4.92. The third kappa shape index (κ3) is 4.01. The molecule has 0 saturated heterocycles. The predicted molar refractivity (Wildman–Crippen MR) is 88.9 cm³/mol. The standard InChI is InChI=1S/C15H21N5O2S/c1-3-11-8-16-15(23-11)19-14(21)18-12-5-4-6-13(12)22-10-7-17-20(2)9-10/h7-9,12-13H,3-6H2,1-2H3,(H2,16,18,19,21)/t12-,13+/m1/s1. The number of rotatable bonds is 5. The highest BCUT2D eigenvalue weighted by atomic mass is 32.1. The number of aryl methyl sites for hydroxylation is 2. The lowest BCUT2D eigenvalue weighted by Crippen LogP contribution is -2.44. The molecule has 2 heterocycles. The van der Waals surface area contributed by atoms with E-state index in [1.807, 2.05) is 13.2 Å². The lowest BCUT2D eigenvalue weighted by atomic mass is 10.2. The summed E-state index contributed by atoms with van der Waals surface area (Å²) in [7, 11) is 1.85. The zero-order chi connectivity index (χ0) is 16.2. The van der Waals surface area contributed by atoms with Gasteiger partial charge in [-0.2, -0.15) is 5.10 Å². The molecule has 2 aromatic rings. The lowest BCUT2D eigenvalue weighted by molar-refractivity contribution is 0.175. The number of anilines is 1. The molecule has 23 heavy (non-hydrogen) atoms. The van der Waals surface area contributed by atoms with Crippen LogP contribution in [0.15, 0.2) is 18.6 Å². The van der Waals surface area contributed by atoms with Gasteiger partial charge in [-0.25, -0.2) is 9.78 Å². The van der Waals surface area contributed by atoms with Gasteiger partial charge >= 0.3 is 6.03 Å². The van der Waals surface area contributed by atoms with Gasteiger partial charge in [0, 0.05) is 18.1 Å². The summed E-state index contributed by atoms with van der Waals surface area (Å²) in [6, 6.07) is -0.227. The molecule has 2 aromatic heterocycles. The van der Waals surface area contributed by atoms with Crippen LogP contribution in [0.25, 0.3) is 0 Å². The fourth-order valence-corrected chi connectivity index (χ4v) is 3.44. The Kier molecular flexibility index (Phi) is 4.80. The van der Waals surface area contributed by atoms with Gasteiger partial charge in [0.1, 0.15) is 6.10 Å². The van der Waals surface area contributed by atoms with Gasteiger partial charge in [0.25, 0.3) is 0 Å². The summed E-state index contributed by atoms with van der Waals surface area (Å²) in [6.07, 6.45) is 9.09. The molecular weight excluding hydrogens is 314 g/mol. The molecule has 1 aliphatic rings. The largest absolute Gasteiger partial charge is 0.485 e. The molecule has 7 nitrogen and oxygen atoms in total. The summed E-state index contributed by atoms with van der Waals surface area (Å²) < 4.78 is 7.64. The first-order chi connectivity index (χ1) is 11.1. The van der Waals surface area contributed by atoms with Gasteiger partial charge < -0.3 is 10.1 Å². The van der Waals surface area contributed by atoms with Gasteiger partial charge in [0.2, 0.25) is 0 Å². The number of ether oxygens (including phenoxy) is 1. The number of hydrogen-bond acceptors (Lipinski definition) is 5. The van der Waals surface area contributed by atoms with Crippen molar-refractivity contribution in [2.75, 3.05) is 5.32 Å². The van der Waals surface area contributed by atoms with Gasteiger partial charge in [-0.3, -0.25) is 10.00 Å². The topological polar surface area (TPSA) is 81.1 Å². The Morgan fingerprint density at radius 3 is 3.04 bits per heavy atom. The molecule has 0 aromatic carbocycles. The van der Waals surface area contributed by atoms with E-state index in [1.165, 1.54) is 11.3 Å². The zero-order valence-corrected chi connectivity index (χ0v) is 14.1. The van der Waals surface area contributed by atoms with Gasteiger partial charge in [0.05, 0.1) is 18.4 Å². The average molecular weight is 335 g/mol. The minimum Gasteiger partial charge on any atom is -0.485 e. The van der Waals surface area contributed by atoms with Crippen molar-refractivity contribution in [3.63, 3.8) is 0 Å². The summed E-state index contributed by atoms with van der Waals surface area (Å²) in [6.45, 7) is 2.07. The number of thiazole rings is 1. The van der Waals surface area contributed by atoms with Gasteiger partial charge in [-0.05, 0) is 25.7 Å². The van der Waals surface area contributed by atoms with Crippen molar-refractivity contribution in [3.8, 4) is 5.75 Å². The second-order valence-corrected chi connectivity index (χ2v) is 6.74. The SMILES string of the molecule is CCc1cnc(NC(=O)N[C@@H]2CCC[C@@H]2Oc2cnn(C)c2)s1. The maximum atomic E-state index is 12.1. The fourth-order valence-electron chi connectivity index (χ4n) is 2.70. The van der Waals surface area contributed by atoms with Crippen molar-refractivity contribution in [2.45, 2.75) is 44.8 Å². The van der Waals surface area contributed by atoms with E-state index in [9.17, 15) is 4.79 Å². The van der Waals surface area contributed by atoms with E-state index in [-0.39, 0.29) is 18.2 Å². The summed E-state index contributed by atoms with van der Waals surface area (Å²) in [5.74, 6) is 0.735. The highest BCUT2D eigenvalue weighted by molar-refractivity contribution is 7.15. The Morgan fingerprint density at radius 1 is 1.48 bits per heavy atom. The Morgan fingerprint density at radius 2 is 2.35 bits per heavy atom. The molecular formula is C15H21N5O2S. The van der Waals surface area contributed by atoms with Crippen LogP contribution in [0.1, 0.15) is 31.1 Å². The number of nitrogens with one attached hydrogen (secondary N) is 2. The number of carbonyl (C=O) groups is 1. The highest BCUT2D eigenvalue weighted by Gasteiger charge is 2.30. The lowest BCUT2D eigenvalue weighted by Gasteiger charge is -2.21. The molecule has 0 aliphatic heterocycles. The first-order valence-electron chi connectivity index (χ1n) is 7.81. The van der Waals surface area contributed by atoms with Gasteiger partial charge in [-0.1, -0.05) is 6.92 Å². The number of aromatic nitrogens is 3. The molecule has 2 amide bonds. The van der Waals surface area contributed by atoms with Crippen molar-refractivity contribution in [1.82, 2.24) is 20.1 Å². The Balaban J connectivity index is 1.54. The Labute approximate surface area is 139 Å². The van der Waals surface area contributed by atoms with Crippen molar-refractivity contribution >= 4 is 22.5 Å². The maximum Gasteiger partial charge on any atom is 0.321 e. The zero-order valence-electron chi connectivity index (χ0n) is 13.3. The average Bonchev–Trinajstić information content (AvgIpc) is 3.23. The van der Waals surface area contributed by atoms with E-state index in [2.05, 4.69) is 27.6 Å². The summed E-state index contributed by atoms with van der Waals surface area (Å²) in [5, 5.41) is 10.5. The smallest absolute Gasteiger partial charge is 0.321 e.